The molecule has 0 saturated heterocycles. The lowest BCUT2D eigenvalue weighted by molar-refractivity contribution is -0.141. The first-order valence-electron chi connectivity index (χ1n) is 5.60. The van der Waals surface area contributed by atoms with Gasteiger partial charge >= 0.3 is 12.3 Å². The Balaban J connectivity index is 2.28. The summed E-state index contributed by atoms with van der Waals surface area (Å²) in [6.45, 7) is 1.43. The molecule has 1 amide bonds. The van der Waals surface area contributed by atoms with Crippen molar-refractivity contribution in [2.75, 3.05) is 0 Å². The van der Waals surface area contributed by atoms with Gasteiger partial charge in [-0.15, -0.1) is 0 Å². The van der Waals surface area contributed by atoms with Gasteiger partial charge < -0.3 is 15.0 Å². The summed E-state index contributed by atoms with van der Waals surface area (Å²) in [6.07, 6.45) is -5.54. The monoisotopic (exact) mass is 302 g/mol. The number of alkyl halides is 3. The number of ether oxygens (including phenoxy) is 1. The number of hydrogen-bond donors (Lipinski definition) is 1. The van der Waals surface area contributed by atoms with Gasteiger partial charge in [-0.05, 0) is 19.1 Å². The highest BCUT2D eigenvalue weighted by atomic mass is 19.4. The number of nitrogens with two attached hydrogens (primary N) is 1. The number of carbonyl (C=O) groups excluding carboxylic acids is 1. The summed E-state index contributed by atoms with van der Waals surface area (Å²) < 4.78 is 47.1. The molecule has 112 valence electrons. The first-order chi connectivity index (χ1) is 9.77. The number of carbonyl (C=O) groups is 1. The lowest BCUT2D eigenvalue weighted by Gasteiger charge is -2.05. The highest BCUT2D eigenvalue weighted by Crippen LogP contribution is 2.30. The zero-order valence-electron chi connectivity index (χ0n) is 10.6. The maximum absolute atomic E-state index is 12.6. The molecule has 0 bridgehead atoms. The van der Waals surface area contributed by atoms with Gasteiger partial charge in [0.25, 0.3) is 5.89 Å². The van der Waals surface area contributed by atoms with Crippen LogP contribution in [0.5, 0.6) is 0 Å². The van der Waals surface area contributed by atoms with Gasteiger partial charge in [0.1, 0.15) is 5.69 Å². The first-order valence-corrected chi connectivity index (χ1v) is 5.60. The van der Waals surface area contributed by atoms with E-state index >= 15 is 0 Å². The molecule has 0 spiro atoms. The summed E-state index contributed by atoms with van der Waals surface area (Å²) in [4.78, 5) is 17.7. The van der Waals surface area contributed by atoms with Gasteiger partial charge in [0.15, 0.2) is 6.10 Å². The maximum atomic E-state index is 12.6. The van der Waals surface area contributed by atoms with E-state index < -0.39 is 24.1 Å². The van der Waals surface area contributed by atoms with Crippen molar-refractivity contribution in [2.45, 2.75) is 19.2 Å². The van der Waals surface area contributed by atoms with Crippen LogP contribution >= 0.6 is 0 Å². The fraction of sp³-hybridized carbons (Fsp3) is 0.273. The number of hydrogen-bond acceptors (Lipinski definition) is 6. The average Bonchev–Trinajstić information content (AvgIpc) is 2.86. The highest BCUT2D eigenvalue weighted by molar-refractivity contribution is 5.64. The second kappa shape index (κ2) is 5.38. The van der Waals surface area contributed by atoms with Gasteiger partial charge in [0, 0.05) is 11.8 Å². The molecule has 0 aromatic carbocycles. The van der Waals surface area contributed by atoms with E-state index in [4.69, 9.17) is 10.3 Å². The van der Waals surface area contributed by atoms with E-state index in [0.717, 1.165) is 12.3 Å². The van der Waals surface area contributed by atoms with Crippen molar-refractivity contribution >= 4 is 6.09 Å². The second-order valence-electron chi connectivity index (χ2n) is 3.96. The van der Waals surface area contributed by atoms with E-state index in [9.17, 15) is 18.0 Å². The third-order valence-electron chi connectivity index (χ3n) is 2.39. The minimum absolute atomic E-state index is 0.0681. The summed E-state index contributed by atoms with van der Waals surface area (Å²) in [6, 6.07) is 2.08. The molecule has 2 N–H and O–H groups in total. The van der Waals surface area contributed by atoms with E-state index in [1.54, 1.807) is 0 Å². The lowest BCUT2D eigenvalue weighted by atomic mass is 10.2. The molecule has 0 aliphatic heterocycles. The zero-order chi connectivity index (χ0) is 15.6. The smallest absolute Gasteiger partial charge is 0.433 e. The van der Waals surface area contributed by atoms with Gasteiger partial charge in [0.2, 0.25) is 5.82 Å². The quantitative estimate of drug-likeness (QED) is 0.932. The molecule has 10 heteroatoms. The molecule has 0 aliphatic carbocycles. The number of amides is 1. The molecular formula is C11H9F3N4O3. The summed E-state index contributed by atoms with van der Waals surface area (Å²) in [5.41, 5.74) is 3.82. The average molecular weight is 302 g/mol. The van der Waals surface area contributed by atoms with Gasteiger partial charge in [-0.25, -0.2) is 4.79 Å². The van der Waals surface area contributed by atoms with Crippen molar-refractivity contribution in [3.05, 3.63) is 29.9 Å². The van der Waals surface area contributed by atoms with Crippen molar-refractivity contribution in [2.24, 2.45) is 5.73 Å². The van der Waals surface area contributed by atoms with Crippen molar-refractivity contribution in [1.82, 2.24) is 15.1 Å². The fourth-order valence-electron chi connectivity index (χ4n) is 1.47. The lowest BCUT2D eigenvalue weighted by Crippen LogP contribution is -2.15. The van der Waals surface area contributed by atoms with Crippen LogP contribution in [0.25, 0.3) is 11.4 Å². The first kappa shape index (κ1) is 14.8. The van der Waals surface area contributed by atoms with Crippen LogP contribution in [0.3, 0.4) is 0 Å². The predicted molar refractivity (Wildman–Crippen MR) is 61.6 cm³/mol. The van der Waals surface area contributed by atoms with E-state index in [0.29, 0.717) is 0 Å². The van der Waals surface area contributed by atoms with Crippen LogP contribution in [0.15, 0.2) is 22.9 Å². The Kier molecular flexibility index (Phi) is 3.78. The Morgan fingerprint density at radius 3 is 2.81 bits per heavy atom. The summed E-state index contributed by atoms with van der Waals surface area (Å²) in [7, 11) is 0. The number of pyridine rings is 1. The van der Waals surface area contributed by atoms with Crippen LogP contribution in [-0.4, -0.2) is 21.2 Å². The molecule has 2 heterocycles. The summed E-state index contributed by atoms with van der Waals surface area (Å²) in [5, 5.41) is 3.52. The molecule has 0 radical (unpaired) electrons. The second-order valence-corrected chi connectivity index (χ2v) is 3.96. The Hall–Kier alpha value is -2.65. The molecule has 2 rings (SSSR count). The maximum Gasteiger partial charge on any atom is 0.433 e. The molecule has 2 aromatic heterocycles. The molecule has 0 fully saturated rings. The van der Waals surface area contributed by atoms with E-state index in [1.165, 1.54) is 13.0 Å². The minimum atomic E-state index is -4.58. The van der Waals surface area contributed by atoms with Crippen molar-refractivity contribution in [3.8, 4) is 11.4 Å². The highest BCUT2D eigenvalue weighted by Gasteiger charge is 2.33. The molecule has 0 unspecified atom stereocenters. The number of halogens is 3. The Morgan fingerprint density at radius 1 is 1.48 bits per heavy atom. The normalized spacial score (nSPS) is 13.0. The molecule has 7 nitrogen and oxygen atoms in total. The van der Waals surface area contributed by atoms with E-state index in [1.807, 2.05) is 0 Å². The molecule has 21 heavy (non-hydrogen) atoms. The van der Waals surface area contributed by atoms with Crippen LogP contribution in [0, 0.1) is 0 Å². The molecule has 0 saturated carbocycles. The fourth-order valence-corrected chi connectivity index (χ4v) is 1.47. The van der Waals surface area contributed by atoms with Crippen LogP contribution in [0.4, 0.5) is 18.0 Å². The van der Waals surface area contributed by atoms with Crippen LogP contribution in [0.2, 0.25) is 0 Å². The van der Waals surface area contributed by atoms with Gasteiger partial charge in [0.05, 0.1) is 0 Å². The number of aromatic nitrogens is 3. The Morgan fingerprint density at radius 2 is 2.19 bits per heavy atom. The van der Waals surface area contributed by atoms with Crippen LogP contribution in [-0.2, 0) is 10.9 Å². The van der Waals surface area contributed by atoms with Gasteiger partial charge in [-0.1, -0.05) is 5.16 Å². The summed E-state index contributed by atoms with van der Waals surface area (Å²) >= 11 is 0. The minimum Gasteiger partial charge on any atom is -0.437 e. The van der Waals surface area contributed by atoms with Gasteiger partial charge in [-0.2, -0.15) is 18.2 Å². The standard InChI is InChI=1S/C11H9F3N4O3/c1-5(20-10(15)19)9-17-8(18-21-9)6-2-3-16-7(4-6)11(12,13)14/h2-5H,1H3,(H2,15,19)/t5-/m0/s1. The molecule has 1 atom stereocenters. The number of nitrogens with zero attached hydrogens (tertiary/aromatic N) is 3. The van der Waals surface area contributed by atoms with Crippen LogP contribution < -0.4 is 5.73 Å². The predicted octanol–water partition coefficient (Wildman–Crippen LogP) is 2.31. The van der Waals surface area contributed by atoms with Gasteiger partial charge in [-0.3, -0.25) is 4.98 Å². The molecular weight excluding hydrogens is 293 g/mol. The number of primary amides is 1. The van der Waals surface area contributed by atoms with Crippen LogP contribution in [0.1, 0.15) is 24.6 Å². The van der Waals surface area contributed by atoms with E-state index in [-0.39, 0.29) is 17.3 Å². The molecule has 0 aliphatic rings. The Labute approximate surface area is 115 Å². The Bertz CT molecular complexity index is 656. The largest absolute Gasteiger partial charge is 0.437 e. The SMILES string of the molecule is C[C@H](OC(N)=O)c1nc(-c2ccnc(C(F)(F)F)c2)no1. The van der Waals surface area contributed by atoms with Crippen molar-refractivity contribution in [1.29, 1.82) is 0 Å². The van der Waals surface area contributed by atoms with Crippen molar-refractivity contribution < 1.29 is 27.2 Å². The number of rotatable bonds is 3. The third kappa shape index (κ3) is 3.46. The summed E-state index contributed by atoms with van der Waals surface area (Å²) in [5.74, 6) is -0.174. The van der Waals surface area contributed by atoms with E-state index in [2.05, 4.69) is 19.9 Å². The third-order valence-corrected chi connectivity index (χ3v) is 2.39. The van der Waals surface area contributed by atoms with Crippen molar-refractivity contribution in [3.63, 3.8) is 0 Å². The zero-order valence-corrected chi connectivity index (χ0v) is 10.6. The molecule has 2 aromatic rings. The topological polar surface area (TPSA) is 104 Å².